The molecule has 0 heterocycles. The van der Waals surface area contributed by atoms with Gasteiger partial charge in [-0.05, 0) is 31.9 Å². The summed E-state index contributed by atoms with van der Waals surface area (Å²) in [6.45, 7) is 1.61. The van der Waals surface area contributed by atoms with E-state index in [9.17, 15) is 13.2 Å². The van der Waals surface area contributed by atoms with Gasteiger partial charge in [0.05, 0.1) is 6.07 Å². The van der Waals surface area contributed by atoms with Gasteiger partial charge in [-0.15, -0.1) is 0 Å². The summed E-state index contributed by atoms with van der Waals surface area (Å²) >= 11 is 0. The standard InChI is InChI=1S/C13H15F3N2/c1-12(10-17,8-5-9-13(14,15)16)18-11-6-3-2-4-7-11/h2-4,6-7,18H,5,8-9H2,1H3. The van der Waals surface area contributed by atoms with Crippen molar-refractivity contribution in [1.82, 2.24) is 0 Å². The summed E-state index contributed by atoms with van der Waals surface area (Å²) in [5.74, 6) is 0. The van der Waals surface area contributed by atoms with E-state index in [-0.39, 0.29) is 12.8 Å². The predicted molar refractivity (Wildman–Crippen MR) is 64.0 cm³/mol. The molecule has 0 saturated heterocycles. The number of anilines is 1. The van der Waals surface area contributed by atoms with Gasteiger partial charge in [-0.3, -0.25) is 0 Å². The van der Waals surface area contributed by atoms with Gasteiger partial charge in [-0.25, -0.2) is 0 Å². The topological polar surface area (TPSA) is 35.8 Å². The Morgan fingerprint density at radius 2 is 1.78 bits per heavy atom. The van der Waals surface area contributed by atoms with Crippen molar-refractivity contribution in [3.8, 4) is 6.07 Å². The Kier molecular flexibility index (Phi) is 4.60. The van der Waals surface area contributed by atoms with Crippen LogP contribution < -0.4 is 5.32 Å². The molecule has 1 N–H and O–H groups in total. The molecule has 0 spiro atoms. The second-order valence-electron chi connectivity index (χ2n) is 4.40. The van der Waals surface area contributed by atoms with E-state index in [4.69, 9.17) is 5.26 Å². The van der Waals surface area contributed by atoms with E-state index in [0.717, 1.165) is 5.69 Å². The molecule has 0 amide bonds. The quantitative estimate of drug-likeness (QED) is 0.860. The molecule has 1 aromatic rings. The van der Waals surface area contributed by atoms with E-state index in [1.807, 2.05) is 12.1 Å². The molecule has 0 fully saturated rings. The number of nitrogens with one attached hydrogen (secondary N) is 1. The maximum atomic E-state index is 12.1. The molecule has 0 aliphatic rings. The van der Waals surface area contributed by atoms with Crippen LogP contribution in [0.4, 0.5) is 18.9 Å². The first-order valence-electron chi connectivity index (χ1n) is 5.66. The Hall–Kier alpha value is -1.70. The van der Waals surface area contributed by atoms with Gasteiger partial charge in [0, 0.05) is 12.1 Å². The van der Waals surface area contributed by atoms with E-state index < -0.39 is 18.1 Å². The molecule has 1 aromatic carbocycles. The Morgan fingerprint density at radius 3 is 2.28 bits per heavy atom. The Labute approximate surface area is 104 Å². The zero-order valence-corrected chi connectivity index (χ0v) is 10.1. The fourth-order valence-electron chi connectivity index (χ4n) is 1.63. The molecular formula is C13H15F3N2. The van der Waals surface area contributed by atoms with Crippen molar-refractivity contribution in [1.29, 1.82) is 5.26 Å². The summed E-state index contributed by atoms with van der Waals surface area (Å²) in [5, 5.41) is 12.0. The second-order valence-corrected chi connectivity index (χ2v) is 4.40. The molecule has 1 atom stereocenters. The van der Waals surface area contributed by atoms with Crippen LogP contribution in [0.1, 0.15) is 26.2 Å². The van der Waals surface area contributed by atoms with Crippen LogP contribution in [-0.2, 0) is 0 Å². The maximum absolute atomic E-state index is 12.1. The van der Waals surface area contributed by atoms with Gasteiger partial charge in [-0.2, -0.15) is 18.4 Å². The van der Waals surface area contributed by atoms with Crippen molar-refractivity contribution in [2.45, 2.75) is 37.9 Å². The third-order valence-electron chi connectivity index (χ3n) is 2.58. The highest BCUT2D eigenvalue weighted by Gasteiger charge is 2.30. The highest BCUT2D eigenvalue weighted by molar-refractivity contribution is 5.46. The molecule has 0 aliphatic carbocycles. The van der Waals surface area contributed by atoms with Crippen molar-refractivity contribution in [2.75, 3.05) is 5.32 Å². The molecule has 98 valence electrons. The summed E-state index contributed by atoms with van der Waals surface area (Å²) < 4.78 is 36.2. The summed E-state index contributed by atoms with van der Waals surface area (Å²) in [7, 11) is 0. The first kappa shape index (κ1) is 14.4. The minimum absolute atomic E-state index is 0.0621. The predicted octanol–water partition coefficient (Wildman–Crippen LogP) is 4.11. The lowest BCUT2D eigenvalue weighted by Gasteiger charge is -2.24. The van der Waals surface area contributed by atoms with E-state index in [1.54, 1.807) is 31.2 Å². The van der Waals surface area contributed by atoms with Crippen molar-refractivity contribution in [3.63, 3.8) is 0 Å². The van der Waals surface area contributed by atoms with Gasteiger partial charge in [0.15, 0.2) is 0 Å². The molecule has 0 aliphatic heterocycles. The van der Waals surface area contributed by atoms with Gasteiger partial charge in [0.1, 0.15) is 5.54 Å². The summed E-state index contributed by atoms with van der Waals surface area (Å²) in [4.78, 5) is 0. The van der Waals surface area contributed by atoms with Gasteiger partial charge < -0.3 is 5.32 Å². The molecule has 5 heteroatoms. The number of hydrogen-bond acceptors (Lipinski definition) is 2. The second kappa shape index (κ2) is 5.76. The van der Waals surface area contributed by atoms with Crippen LogP contribution in [0.25, 0.3) is 0 Å². The summed E-state index contributed by atoms with van der Waals surface area (Å²) in [6, 6.07) is 11.0. The van der Waals surface area contributed by atoms with Crippen LogP contribution in [0.3, 0.4) is 0 Å². The molecule has 1 unspecified atom stereocenters. The average Bonchev–Trinajstić information content (AvgIpc) is 2.28. The van der Waals surface area contributed by atoms with Crippen LogP contribution in [-0.4, -0.2) is 11.7 Å². The van der Waals surface area contributed by atoms with Crippen LogP contribution in [0.15, 0.2) is 30.3 Å². The lowest BCUT2D eigenvalue weighted by Crippen LogP contribution is -2.33. The fraction of sp³-hybridized carbons (Fsp3) is 0.462. The van der Waals surface area contributed by atoms with Gasteiger partial charge in [0.2, 0.25) is 0 Å². The molecule has 0 radical (unpaired) electrons. The minimum atomic E-state index is -4.16. The molecule has 0 bridgehead atoms. The number of para-hydroxylation sites is 1. The van der Waals surface area contributed by atoms with Gasteiger partial charge >= 0.3 is 6.18 Å². The monoisotopic (exact) mass is 256 g/mol. The Balaban J connectivity index is 2.56. The number of nitriles is 1. The normalized spacial score (nSPS) is 14.6. The third-order valence-corrected chi connectivity index (χ3v) is 2.58. The molecular weight excluding hydrogens is 241 g/mol. The summed E-state index contributed by atoms with van der Waals surface area (Å²) in [6.07, 6.45) is -4.94. The van der Waals surface area contributed by atoms with Crippen LogP contribution in [0.2, 0.25) is 0 Å². The number of hydrogen-bond donors (Lipinski definition) is 1. The summed E-state index contributed by atoms with van der Waals surface area (Å²) in [5.41, 5.74) is -0.249. The van der Waals surface area contributed by atoms with Crippen molar-refractivity contribution in [2.24, 2.45) is 0 Å². The first-order valence-corrected chi connectivity index (χ1v) is 5.66. The van der Waals surface area contributed by atoms with Gasteiger partial charge in [-0.1, -0.05) is 18.2 Å². The number of halogens is 3. The van der Waals surface area contributed by atoms with E-state index >= 15 is 0 Å². The fourth-order valence-corrected chi connectivity index (χ4v) is 1.63. The number of alkyl halides is 3. The smallest absolute Gasteiger partial charge is 0.368 e. The van der Waals surface area contributed by atoms with Crippen molar-refractivity contribution >= 4 is 5.69 Å². The third kappa shape index (κ3) is 5.09. The van der Waals surface area contributed by atoms with E-state index in [0.29, 0.717) is 0 Å². The lowest BCUT2D eigenvalue weighted by atomic mass is 9.96. The zero-order chi connectivity index (χ0) is 13.6. The van der Waals surface area contributed by atoms with Crippen LogP contribution in [0, 0.1) is 11.3 Å². The zero-order valence-electron chi connectivity index (χ0n) is 10.1. The molecule has 1 rings (SSSR count). The minimum Gasteiger partial charge on any atom is -0.368 e. The van der Waals surface area contributed by atoms with E-state index in [1.165, 1.54) is 0 Å². The lowest BCUT2D eigenvalue weighted by molar-refractivity contribution is -0.135. The van der Waals surface area contributed by atoms with Crippen LogP contribution >= 0.6 is 0 Å². The maximum Gasteiger partial charge on any atom is 0.389 e. The first-order chi connectivity index (χ1) is 8.35. The largest absolute Gasteiger partial charge is 0.389 e. The average molecular weight is 256 g/mol. The number of rotatable bonds is 5. The number of benzene rings is 1. The van der Waals surface area contributed by atoms with Crippen molar-refractivity contribution in [3.05, 3.63) is 30.3 Å². The molecule has 2 nitrogen and oxygen atoms in total. The van der Waals surface area contributed by atoms with Crippen LogP contribution in [0.5, 0.6) is 0 Å². The van der Waals surface area contributed by atoms with Crippen molar-refractivity contribution < 1.29 is 13.2 Å². The molecule has 0 saturated carbocycles. The Bertz CT molecular complexity index is 408. The Morgan fingerprint density at radius 1 is 1.17 bits per heavy atom. The molecule has 0 aromatic heterocycles. The molecule has 18 heavy (non-hydrogen) atoms. The number of nitrogens with zero attached hydrogens (tertiary/aromatic N) is 1. The van der Waals surface area contributed by atoms with Gasteiger partial charge in [0.25, 0.3) is 0 Å². The SMILES string of the molecule is CC(C#N)(CCCC(F)(F)F)Nc1ccccc1. The van der Waals surface area contributed by atoms with E-state index in [2.05, 4.69) is 5.32 Å². The highest BCUT2D eigenvalue weighted by atomic mass is 19.4. The highest BCUT2D eigenvalue weighted by Crippen LogP contribution is 2.26.